The number of nitrogens with one attached hydrogen (secondary N) is 1. The molecule has 0 saturated carbocycles. The lowest BCUT2D eigenvalue weighted by molar-refractivity contribution is 0.0950. The number of phenolic OH excluding ortho intramolecular Hbond substituents is 1. The van der Waals surface area contributed by atoms with Gasteiger partial charge >= 0.3 is 0 Å². The molecular formula is C13H14N2O2S. The molecule has 0 aliphatic rings. The predicted molar refractivity (Wildman–Crippen MR) is 70.9 cm³/mol. The summed E-state index contributed by atoms with van der Waals surface area (Å²) < 4.78 is 0. The molecule has 1 heterocycles. The van der Waals surface area contributed by atoms with Crippen LogP contribution in [-0.2, 0) is 6.54 Å². The number of carbonyl (C=O) groups is 1. The topological polar surface area (TPSA) is 62.2 Å². The quantitative estimate of drug-likeness (QED) is 0.892. The standard InChI is InChI=1S/C13H14N2O2S/c1-8-3-4-10(5-11(8)16)13(17)14-6-12-15-9(2)7-18-12/h3-5,7,16H,6H2,1-2H3,(H,14,17). The maximum atomic E-state index is 11.8. The first-order valence-corrected chi connectivity index (χ1v) is 6.43. The molecule has 0 atom stereocenters. The Kier molecular flexibility index (Phi) is 3.62. The van der Waals surface area contributed by atoms with Crippen LogP contribution in [0.2, 0.25) is 0 Å². The molecule has 0 spiro atoms. The van der Waals surface area contributed by atoms with Gasteiger partial charge in [-0.25, -0.2) is 4.98 Å². The zero-order valence-corrected chi connectivity index (χ0v) is 11.0. The monoisotopic (exact) mass is 262 g/mol. The van der Waals surface area contributed by atoms with Gasteiger partial charge < -0.3 is 10.4 Å². The van der Waals surface area contributed by atoms with Crippen LogP contribution in [0.3, 0.4) is 0 Å². The lowest BCUT2D eigenvalue weighted by Crippen LogP contribution is -2.22. The fourth-order valence-corrected chi connectivity index (χ4v) is 2.20. The van der Waals surface area contributed by atoms with Crippen LogP contribution in [0.1, 0.15) is 26.6 Å². The van der Waals surface area contributed by atoms with Gasteiger partial charge in [0.15, 0.2) is 0 Å². The molecule has 0 radical (unpaired) electrons. The van der Waals surface area contributed by atoms with Crippen molar-refractivity contribution in [2.24, 2.45) is 0 Å². The Morgan fingerprint density at radius 1 is 1.44 bits per heavy atom. The number of phenols is 1. The number of hydrogen-bond acceptors (Lipinski definition) is 4. The highest BCUT2D eigenvalue weighted by molar-refractivity contribution is 7.09. The molecule has 0 bridgehead atoms. The van der Waals surface area contributed by atoms with Crippen LogP contribution in [0.4, 0.5) is 0 Å². The molecule has 1 aromatic heterocycles. The molecule has 18 heavy (non-hydrogen) atoms. The Labute approximate surface area is 109 Å². The van der Waals surface area contributed by atoms with Gasteiger partial charge in [0.2, 0.25) is 0 Å². The van der Waals surface area contributed by atoms with Crippen LogP contribution < -0.4 is 5.32 Å². The molecule has 1 amide bonds. The van der Waals surface area contributed by atoms with Crippen molar-refractivity contribution in [1.29, 1.82) is 0 Å². The van der Waals surface area contributed by atoms with E-state index in [1.807, 2.05) is 12.3 Å². The SMILES string of the molecule is Cc1csc(CNC(=O)c2ccc(C)c(O)c2)n1. The van der Waals surface area contributed by atoms with E-state index in [1.54, 1.807) is 19.1 Å². The summed E-state index contributed by atoms with van der Waals surface area (Å²) in [5, 5.41) is 15.1. The third kappa shape index (κ3) is 2.87. The molecule has 5 heteroatoms. The van der Waals surface area contributed by atoms with Crippen molar-refractivity contribution in [3.63, 3.8) is 0 Å². The van der Waals surface area contributed by atoms with Crippen molar-refractivity contribution in [2.45, 2.75) is 20.4 Å². The van der Waals surface area contributed by atoms with E-state index >= 15 is 0 Å². The lowest BCUT2D eigenvalue weighted by Gasteiger charge is -2.05. The number of carbonyl (C=O) groups excluding carboxylic acids is 1. The number of aromatic nitrogens is 1. The molecule has 0 fully saturated rings. The first-order chi connectivity index (χ1) is 8.56. The number of amides is 1. The minimum atomic E-state index is -0.210. The average Bonchev–Trinajstić information content (AvgIpc) is 2.75. The summed E-state index contributed by atoms with van der Waals surface area (Å²) in [5.41, 5.74) is 2.16. The van der Waals surface area contributed by atoms with Gasteiger partial charge in [-0.05, 0) is 31.5 Å². The van der Waals surface area contributed by atoms with Gasteiger partial charge in [-0.3, -0.25) is 4.79 Å². The Balaban J connectivity index is 2.01. The van der Waals surface area contributed by atoms with Crippen LogP contribution >= 0.6 is 11.3 Å². The van der Waals surface area contributed by atoms with E-state index in [2.05, 4.69) is 10.3 Å². The summed E-state index contributed by atoms with van der Waals surface area (Å²) >= 11 is 1.52. The van der Waals surface area contributed by atoms with Gasteiger partial charge in [0.25, 0.3) is 5.91 Å². The summed E-state index contributed by atoms with van der Waals surface area (Å²) in [4.78, 5) is 16.1. The van der Waals surface area contributed by atoms with Gasteiger partial charge in [-0.15, -0.1) is 11.3 Å². The summed E-state index contributed by atoms with van der Waals surface area (Å²) in [6.07, 6.45) is 0. The minimum absolute atomic E-state index is 0.132. The average molecular weight is 262 g/mol. The summed E-state index contributed by atoms with van der Waals surface area (Å²) in [6, 6.07) is 4.88. The van der Waals surface area contributed by atoms with E-state index in [-0.39, 0.29) is 11.7 Å². The van der Waals surface area contributed by atoms with Crippen molar-refractivity contribution in [1.82, 2.24) is 10.3 Å². The van der Waals surface area contributed by atoms with Crippen molar-refractivity contribution in [3.8, 4) is 5.75 Å². The molecule has 0 unspecified atom stereocenters. The van der Waals surface area contributed by atoms with Gasteiger partial charge in [0.05, 0.1) is 6.54 Å². The van der Waals surface area contributed by atoms with Crippen molar-refractivity contribution < 1.29 is 9.90 Å². The fraction of sp³-hybridized carbons (Fsp3) is 0.231. The Hall–Kier alpha value is -1.88. The van der Waals surface area contributed by atoms with Crippen LogP contribution in [0.5, 0.6) is 5.75 Å². The van der Waals surface area contributed by atoms with Crippen molar-refractivity contribution in [3.05, 3.63) is 45.4 Å². The largest absolute Gasteiger partial charge is 0.508 e. The van der Waals surface area contributed by atoms with Crippen molar-refractivity contribution in [2.75, 3.05) is 0 Å². The maximum absolute atomic E-state index is 11.8. The van der Waals surface area contributed by atoms with E-state index in [0.717, 1.165) is 16.3 Å². The molecule has 4 nitrogen and oxygen atoms in total. The summed E-state index contributed by atoms with van der Waals surface area (Å²) in [6.45, 7) is 4.11. The zero-order chi connectivity index (χ0) is 13.1. The number of nitrogens with zero attached hydrogens (tertiary/aromatic N) is 1. The highest BCUT2D eigenvalue weighted by atomic mass is 32.1. The highest BCUT2D eigenvalue weighted by Crippen LogP contribution is 2.17. The van der Waals surface area contributed by atoms with E-state index in [0.29, 0.717) is 12.1 Å². The van der Waals surface area contributed by atoms with Crippen molar-refractivity contribution >= 4 is 17.2 Å². The van der Waals surface area contributed by atoms with Gasteiger partial charge in [-0.1, -0.05) is 6.07 Å². The maximum Gasteiger partial charge on any atom is 0.251 e. The third-order valence-electron chi connectivity index (χ3n) is 2.54. The Bertz CT molecular complexity index is 578. The van der Waals surface area contributed by atoms with E-state index in [9.17, 15) is 9.90 Å². The highest BCUT2D eigenvalue weighted by Gasteiger charge is 2.08. The smallest absolute Gasteiger partial charge is 0.251 e. The molecule has 0 aliphatic heterocycles. The number of aromatic hydroxyl groups is 1. The number of hydrogen-bond donors (Lipinski definition) is 2. The van der Waals surface area contributed by atoms with Crippen LogP contribution in [0, 0.1) is 13.8 Å². The zero-order valence-electron chi connectivity index (χ0n) is 10.2. The second kappa shape index (κ2) is 5.18. The number of benzene rings is 1. The molecule has 0 aliphatic carbocycles. The van der Waals surface area contributed by atoms with E-state index < -0.39 is 0 Å². The molecular weight excluding hydrogens is 248 g/mol. The Morgan fingerprint density at radius 2 is 2.22 bits per heavy atom. The fourth-order valence-electron chi connectivity index (χ4n) is 1.49. The molecule has 2 aromatic rings. The molecule has 2 N–H and O–H groups in total. The number of thiazole rings is 1. The van der Waals surface area contributed by atoms with Gasteiger partial charge in [0.1, 0.15) is 10.8 Å². The van der Waals surface area contributed by atoms with Gasteiger partial charge in [-0.2, -0.15) is 0 Å². The van der Waals surface area contributed by atoms with E-state index in [1.165, 1.54) is 17.4 Å². The molecule has 1 aromatic carbocycles. The second-order valence-corrected chi connectivity index (χ2v) is 5.01. The number of rotatable bonds is 3. The first-order valence-electron chi connectivity index (χ1n) is 5.55. The molecule has 94 valence electrons. The second-order valence-electron chi connectivity index (χ2n) is 4.07. The van der Waals surface area contributed by atoms with Crippen LogP contribution in [-0.4, -0.2) is 16.0 Å². The Morgan fingerprint density at radius 3 is 2.83 bits per heavy atom. The van der Waals surface area contributed by atoms with Gasteiger partial charge in [0, 0.05) is 16.6 Å². The lowest BCUT2D eigenvalue weighted by atomic mass is 10.1. The first kappa shape index (κ1) is 12.6. The van der Waals surface area contributed by atoms with E-state index in [4.69, 9.17) is 0 Å². The van der Waals surface area contributed by atoms with Crippen LogP contribution in [0.15, 0.2) is 23.6 Å². The molecule has 0 saturated heterocycles. The minimum Gasteiger partial charge on any atom is -0.508 e. The molecule has 2 rings (SSSR count). The normalized spacial score (nSPS) is 10.3. The number of aryl methyl sites for hydroxylation is 2. The summed E-state index contributed by atoms with van der Waals surface area (Å²) in [5.74, 6) is -0.0779. The van der Waals surface area contributed by atoms with Crippen LogP contribution in [0.25, 0.3) is 0 Å². The summed E-state index contributed by atoms with van der Waals surface area (Å²) in [7, 11) is 0. The predicted octanol–water partition coefficient (Wildman–Crippen LogP) is 2.40. The third-order valence-corrected chi connectivity index (χ3v) is 3.50.